The number of amides is 2. The van der Waals surface area contributed by atoms with E-state index in [4.69, 9.17) is 4.74 Å². The highest BCUT2D eigenvalue weighted by atomic mass is 19.1. The van der Waals surface area contributed by atoms with Crippen molar-refractivity contribution in [3.8, 4) is 0 Å². The highest BCUT2D eigenvalue weighted by Gasteiger charge is 2.18. The molecule has 0 unspecified atom stereocenters. The SMILES string of the molecule is Cc1nc(N2CCOCC2)nc(C)c1NC(=O)Nc1ccc(F)cc1F. The fourth-order valence-electron chi connectivity index (χ4n) is 2.64. The Bertz CT molecular complexity index is 802. The zero-order valence-corrected chi connectivity index (χ0v) is 14.5. The van der Waals surface area contributed by atoms with Crippen molar-refractivity contribution in [1.29, 1.82) is 0 Å². The van der Waals surface area contributed by atoms with Crippen LogP contribution in [-0.2, 0) is 4.74 Å². The smallest absolute Gasteiger partial charge is 0.323 e. The molecule has 3 rings (SSSR count). The molecular formula is C17H19F2N5O2. The first-order valence-corrected chi connectivity index (χ1v) is 8.15. The number of morpholine rings is 1. The lowest BCUT2D eigenvalue weighted by molar-refractivity contribution is 0.122. The third-order valence-electron chi connectivity index (χ3n) is 3.97. The van der Waals surface area contributed by atoms with Gasteiger partial charge < -0.3 is 20.3 Å². The fraction of sp³-hybridized carbons (Fsp3) is 0.353. The van der Waals surface area contributed by atoms with Crippen LogP contribution in [0.1, 0.15) is 11.4 Å². The van der Waals surface area contributed by atoms with Gasteiger partial charge in [0, 0.05) is 19.2 Å². The van der Waals surface area contributed by atoms with E-state index in [1.54, 1.807) is 13.8 Å². The summed E-state index contributed by atoms with van der Waals surface area (Å²) in [5.41, 5.74) is 1.51. The lowest BCUT2D eigenvalue weighted by Gasteiger charge is -2.27. The van der Waals surface area contributed by atoms with Gasteiger partial charge in [-0.15, -0.1) is 0 Å². The molecule has 0 saturated carbocycles. The first-order chi connectivity index (χ1) is 12.4. The number of hydrogen-bond donors (Lipinski definition) is 2. The van der Waals surface area contributed by atoms with Gasteiger partial charge in [0.2, 0.25) is 5.95 Å². The number of carbonyl (C=O) groups is 1. The standard InChI is InChI=1S/C17H19F2N5O2/c1-10-15(11(2)21-16(20-10)24-5-7-26-8-6-24)23-17(25)22-14-4-3-12(18)9-13(14)19/h3-4,9H,5-8H2,1-2H3,(H2,22,23,25). The van der Waals surface area contributed by atoms with Crippen molar-refractivity contribution in [2.24, 2.45) is 0 Å². The number of urea groups is 1. The van der Waals surface area contributed by atoms with E-state index in [0.29, 0.717) is 55.4 Å². The first kappa shape index (κ1) is 18.0. The van der Waals surface area contributed by atoms with Gasteiger partial charge in [-0.05, 0) is 26.0 Å². The summed E-state index contributed by atoms with van der Waals surface area (Å²) < 4.78 is 31.9. The normalized spacial score (nSPS) is 14.2. The summed E-state index contributed by atoms with van der Waals surface area (Å²) in [6.45, 7) is 6.16. The van der Waals surface area contributed by atoms with Crippen molar-refractivity contribution >= 4 is 23.4 Å². The average molecular weight is 363 g/mol. The molecule has 26 heavy (non-hydrogen) atoms. The number of halogens is 2. The lowest BCUT2D eigenvalue weighted by atomic mass is 10.2. The summed E-state index contributed by atoms with van der Waals surface area (Å²) in [5.74, 6) is -0.987. The van der Waals surface area contributed by atoms with Crippen LogP contribution < -0.4 is 15.5 Å². The molecule has 2 heterocycles. The summed E-state index contributed by atoms with van der Waals surface area (Å²) in [4.78, 5) is 23.0. The molecule has 1 aliphatic heterocycles. The van der Waals surface area contributed by atoms with Gasteiger partial charge in [0.15, 0.2) is 0 Å². The van der Waals surface area contributed by atoms with Crippen LogP contribution in [0.3, 0.4) is 0 Å². The Kier molecular flexibility index (Phi) is 5.27. The summed E-state index contributed by atoms with van der Waals surface area (Å²) >= 11 is 0. The molecule has 2 aromatic rings. The molecule has 7 nitrogen and oxygen atoms in total. The van der Waals surface area contributed by atoms with E-state index in [1.165, 1.54) is 0 Å². The molecule has 2 amide bonds. The molecule has 9 heteroatoms. The van der Waals surface area contributed by atoms with Crippen LogP contribution in [0.5, 0.6) is 0 Å². The van der Waals surface area contributed by atoms with Crippen LogP contribution in [-0.4, -0.2) is 42.3 Å². The highest BCUT2D eigenvalue weighted by Crippen LogP contribution is 2.22. The summed E-state index contributed by atoms with van der Waals surface area (Å²) in [5, 5.41) is 4.96. The maximum atomic E-state index is 13.6. The zero-order valence-electron chi connectivity index (χ0n) is 14.5. The molecule has 1 aromatic heterocycles. The third-order valence-corrected chi connectivity index (χ3v) is 3.97. The number of aromatic nitrogens is 2. The van der Waals surface area contributed by atoms with Gasteiger partial charge in [0.05, 0.1) is 36.0 Å². The predicted octanol–water partition coefficient (Wildman–Crippen LogP) is 2.85. The van der Waals surface area contributed by atoms with Gasteiger partial charge in [-0.2, -0.15) is 0 Å². The van der Waals surface area contributed by atoms with Crippen molar-refractivity contribution in [3.05, 3.63) is 41.2 Å². The number of anilines is 3. The Morgan fingerprint density at radius 1 is 1.12 bits per heavy atom. The maximum Gasteiger partial charge on any atom is 0.323 e. The molecule has 2 N–H and O–H groups in total. The molecule has 1 saturated heterocycles. The second kappa shape index (κ2) is 7.61. The van der Waals surface area contributed by atoms with Crippen LogP contribution in [0, 0.1) is 25.5 Å². The molecule has 0 atom stereocenters. The van der Waals surface area contributed by atoms with Crippen LogP contribution in [0.25, 0.3) is 0 Å². The molecule has 0 aliphatic carbocycles. The minimum atomic E-state index is -0.854. The van der Waals surface area contributed by atoms with E-state index in [1.807, 2.05) is 4.90 Å². The van der Waals surface area contributed by atoms with Crippen LogP contribution in [0.2, 0.25) is 0 Å². The molecule has 1 aromatic carbocycles. The van der Waals surface area contributed by atoms with Crippen molar-refractivity contribution in [3.63, 3.8) is 0 Å². The van der Waals surface area contributed by atoms with Crippen molar-refractivity contribution in [2.45, 2.75) is 13.8 Å². The summed E-state index contributed by atoms with van der Waals surface area (Å²) in [6.07, 6.45) is 0. The second-order valence-corrected chi connectivity index (χ2v) is 5.87. The Hall–Kier alpha value is -2.81. The Morgan fingerprint density at radius 3 is 2.38 bits per heavy atom. The van der Waals surface area contributed by atoms with Gasteiger partial charge >= 0.3 is 6.03 Å². The number of nitrogens with zero attached hydrogens (tertiary/aromatic N) is 3. The van der Waals surface area contributed by atoms with Crippen molar-refractivity contribution < 1.29 is 18.3 Å². The number of ether oxygens (including phenoxy) is 1. The van der Waals surface area contributed by atoms with Crippen LogP contribution in [0.15, 0.2) is 18.2 Å². The number of rotatable bonds is 3. The number of hydrogen-bond acceptors (Lipinski definition) is 5. The first-order valence-electron chi connectivity index (χ1n) is 8.15. The largest absolute Gasteiger partial charge is 0.378 e. The summed E-state index contributed by atoms with van der Waals surface area (Å²) in [7, 11) is 0. The molecule has 1 fully saturated rings. The molecule has 1 aliphatic rings. The highest BCUT2D eigenvalue weighted by molar-refractivity contribution is 6.00. The third kappa shape index (κ3) is 4.05. The number of benzene rings is 1. The topological polar surface area (TPSA) is 79.4 Å². The van der Waals surface area contributed by atoms with E-state index in [2.05, 4.69) is 20.6 Å². The van der Waals surface area contributed by atoms with E-state index in [0.717, 1.165) is 12.1 Å². The number of aryl methyl sites for hydroxylation is 2. The van der Waals surface area contributed by atoms with Crippen molar-refractivity contribution in [2.75, 3.05) is 41.8 Å². The average Bonchev–Trinajstić information content (AvgIpc) is 2.61. The van der Waals surface area contributed by atoms with E-state index in [9.17, 15) is 13.6 Å². The monoisotopic (exact) mass is 363 g/mol. The quantitative estimate of drug-likeness (QED) is 0.877. The van der Waals surface area contributed by atoms with Gasteiger partial charge in [0.1, 0.15) is 11.6 Å². The van der Waals surface area contributed by atoms with Gasteiger partial charge in [-0.25, -0.2) is 23.5 Å². The Morgan fingerprint density at radius 2 is 1.77 bits per heavy atom. The van der Waals surface area contributed by atoms with Crippen molar-refractivity contribution in [1.82, 2.24) is 9.97 Å². The van der Waals surface area contributed by atoms with Gasteiger partial charge in [-0.3, -0.25) is 0 Å². The van der Waals surface area contributed by atoms with Crippen LogP contribution in [0.4, 0.5) is 30.9 Å². The molecule has 0 radical (unpaired) electrons. The van der Waals surface area contributed by atoms with Crippen LogP contribution >= 0.6 is 0 Å². The van der Waals surface area contributed by atoms with E-state index < -0.39 is 17.7 Å². The predicted molar refractivity (Wildman–Crippen MR) is 93.5 cm³/mol. The summed E-state index contributed by atoms with van der Waals surface area (Å²) in [6, 6.07) is 2.26. The molecular weight excluding hydrogens is 344 g/mol. The number of nitrogens with one attached hydrogen (secondary N) is 2. The lowest BCUT2D eigenvalue weighted by Crippen LogP contribution is -2.37. The zero-order chi connectivity index (χ0) is 18.7. The van der Waals surface area contributed by atoms with Gasteiger partial charge in [-0.1, -0.05) is 0 Å². The fourth-order valence-corrected chi connectivity index (χ4v) is 2.64. The molecule has 138 valence electrons. The Balaban J connectivity index is 1.73. The minimum Gasteiger partial charge on any atom is -0.378 e. The number of carbonyl (C=O) groups excluding carboxylic acids is 1. The Labute approximate surface area is 149 Å². The maximum absolute atomic E-state index is 13.6. The second-order valence-electron chi connectivity index (χ2n) is 5.87. The molecule has 0 bridgehead atoms. The van der Waals surface area contributed by atoms with Gasteiger partial charge in [0.25, 0.3) is 0 Å². The van der Waals surface area contributed by atoms with E-state index >= 15 is 0 Å². The molecule has 0 spiro atoms. The van der Waals surface area contributed by atoms with E-state index in [-0.39, 0.29) is 5.69 Å². The minimum absolute atomic E-state index is 0.120.